The molecule has 4 heteroatoms. The number of hydrogen-bond acceptors (Lipinski definition) is 3. The standard InChI is InChI=1S/C59H42N2O2/c1-59(2)55-37-48(47-17-16-40-10-6-7-11-46(40)36-47)24-32-53(55)54-33-31-52(38-56(54)59)60(49-25-18-43(19-26-49)39-8-4-3-5-9-39)50-27-20-44(21-28-50)41-12-14-42(15-13-41)45-22-29-51(30-23-45)61-57(62)34-35-58(61)63/h3-38H,1-2H3. The molecular weight excluding hydrogens is 769 g/mol. The number of amides is 2. The molecule has 1 aliphatic carbocycles. The lowest BCUT2D eigenvalue weighted by Crippen LogP contribution is -2.29. The van der Waals surface area contributed by atoms with Crippen molar-refractivity contribution in [3.63, 3.8) is 0 Å². The average Bonchev–Trinajstić information content (AvgIpc) is 3.79. The van der Waals surface area contributed by atoms with E-state index in [0.29, 0.717) is 5.69 Å². The summed E-state index contributed by atoms with van der Waals surface area (Å²) < 4.78 is 0. The molecule has 0 aromatic heterocycles. The quantitative estimate of drug-likeness (QED) is 0.144. The first-order valence-electron chi connectivity index (χ1n) is 21.4. The molecule has 1 aliphatic heterocycles. The zero-order valence-electron chi connectivity index (χ0n) is 35.0. The van der Waals surface area contributed by atoms with Crippen molar-refractivity contribution >= 4 is 45.3 Å². The van der Waals surface area contributed by atoms with Crippen LogP contribution >= 0.6 is 0 Å². The molecule has 0 radical (unpaired) electrons. The highest BCUT2D eigenvalue weighted by atomic mass is 16.2. The molecule has 9 aromatic rings. The third kappa shape index (κ3) is 6.73. The summed E-state index contributed by atoms with van der Waals surface area (Å²) in [5, 5.41) is 2.50. The van der Waals surface area contributed by atoms with Gasteiger partial charge in [-0.1, -0.05) is 159 Å². The molecule has 2 aliphatic rings. The molecular formula is C59H42N2O2. The second-order valence-corrected chi connectivity index (χ2v) is 16.9. The van der Waals surface area contributed by atoms with Crippen LogP contribution in [0.4, 0.5) is 22.7 Å². The number of imide groups is 1. The molecule has 4 nitrogen and oxygen atoms in total. The van der Waals surface area contributed by atoms with Gasteiger partial charge in [-0.15, -0.1) is 0 Å². The van der Waals surface area contributed by atoms with Crippen molar-refractivity contribution in [1.29, 1.82) is 0 Å². The summed E-state index contributed by atoms with van der Waals surface area (Å²) in [7, 11) is 0. The lowest BCUT2D eigenvalue weighted by molar-refractivity contribution is -0.119. The van der Waals surface area contributed by atoms with Crippen LogP contribution in [0.3, 0.4) is 0 Å². The summed E-state index contributed by atoms with van der Waals surface area (Å²) in [4.78, 5) is 27.9. The summed E-state index contributed by atoms with van der Waals surface area (Å²) in [5.74, 6) is -0.636. The molecule has 11 rings (SSSR count). The van der Waals surface area contributed by atoms with Crippen molar-refractivity contribution in [2.45, 2.75) is 19.3 Å². The molecule has 0 bridgehead atoms. The third-order valence-corrected chi connectivity index (χ3v) is 12.8. The Hall–Kier alpha value is -8.08. The number of nitrogens with zero attached hydrogens (tertiary/aromatic N) is 2. The smallest absolute Gasteiger partial charge is 0.258 e. The van der Waals surface area contributed by atoms with Gasteiger partial charge in [-0.2, -0.15) is 0 Å². The van der Waals surface area contributed by atoms with E-state index in [9.17, 15) is 9.59 Å². The monoisotopic (exact) mass is 810 g/mol. The largest absolute Gasteiger partial charge is 0.310 e. The van der Waals surface area contributed by atoms with E-state index in [1.54, 1.807) is 0 Å². The number of hydrogen-bond donors (Lipinski definition) is 0. The number of anilines is 4. The first-order chi connectivity index (χ1) is 30.8. The molecule has 0 fully saturated rings. The Bertz CT molecular complexity index is 3240. The van der Waals surface area contributed by atoms with E-state index in [1.807, 2.05) is 24.3 Å². The molecule has 0 unspecified atom stereocenters. The van der Waals surface area contributed by atoms with Gasteiger partial charge in [-0.25, -0.2) is 4.90 Å². The number of carbonyl (C=O) groups is 2. The molecule has 0 saturated heterocycles. The van der Waals surface area contributed by atoms with Gasteiger partial charge >= 0.3 is 0 Å². The van der Waals surface area contributed by atoms with Crippen LogP contribution in [0.5, 0.6) is 0 Å². The first kappa shape index (κ1) is 37.9. The van der Waals surface area contributed by atoms with Crippen LogP contribution in [0.15, 0.2) is 218 Å². The van der Waals surface area contributed by atoms with Crippen LogP contribution in [0.25, 0.3) is 66.4 Å². The molecule has 0 saturated carbocycles. The van der Waals surface area contributed by atoms with Gasteiger partial charge in [0.15, 0.2) is 0 Å². The minimum Gasteiger partial charge on any atom is -0.310 e. The van der Waals surface area contributed by atoms with Crippen molar-refractivity contribution in [1.82, 2.24) is 0 Å². The maximum Gasteiger partial charge on any atom is 0.258 e. The Morgan fingerprint density at radius 3 is 1.37 bits per heavy atom. The number of carbonyl (C=O) groups excluding carboxylic acids is 2. The number of benzene rings is 9. The summed E-state index contributed by atoms with van der Waals surface area (Å²) >= 11 is 0. The predicted molar refractivity (Wildman–Crippen MR) is 260 cm³/mol. The SMILES string of the molecule is CC1(C)c2cc(-c3ccc4ccccc4c3)ccc2-c2ccc(N(c3ccc(-c4ccccc4)cc3)c3ccc(-c4ccc(-c5ccc(N6C(=O)C=CC6=O)cc5)cc4)cc3)cc21. The van der Waals surface area contributed by atoms with Crippen LogP contribution in [0.2, 0.25) is 0 Å². The Morgan fingerprint density at radius 2 is 0.778 bits per heavy atom. The highest BCUT2D eigenvalue weighted by molar-refractivity contribution is 6.28. The molecule has 2 amide bonds. The zero-order chi connectivity index (χ0) is 42.7. The van der Waals surface area contributed by atoms with Crippen LogP contribution in [-0.2, 0) is 15.0 Å². The topological polar surface area (TPSA) is 40.6 Å². The van der Waals surface area contributed by atoms with Gasteiger partial charge in [0.1, 0.15) is 0 Å². The third-order valence-electron chi connectivity index (χ3n) is 12.8. The van der Waals surface area contributed by atoms with Crippen molar-refractivity contribution in [2.75, 3.05) is 9.80 Å². The Kier molecular flexibility index (Phi) is 9.10. The fourth-order valence-electron chi connectivity index (χ4n) is 9.41. The van der Waals surface area contributed by atoms with E-state index in [1.165, 1.54) is 72.3 Å². The van der Waals surface area contributed by atoms with Crippen molar-refractivity contribution in [2.24, 2.45) is 0 Å². The Morgan fingerprint density at radius 1 is 0.365 bits per heavy atom. The molecule has 0 spiro atoms. The maximum atomic E-state index is 12.2. The van der Waals surface area contributed by atoms with Gasteiger partial charge in [0.2, 0.25) is 0 Å². The van der Waals surface area contributed by atoms with Crippen LogP contribution in [0.1, 0.15) is 25.0 Å². The van der Waals surface area contributed by atoms with E-state index >= 15 is 0 Å². The molecule has 0 atom stereocenters. The molecule has 0 N–H and O–H groups in total. The summed E-state index contributed by atoms with van der Waals surface area (Å²) in [6.07, 6.45) is 2.61. The minimum atomic E-state index is -0.318. The van der Waals surface area contributed by atoms with Gasteiger partial charge in [-0.3, -0.25) is 9.59 Å². The van der Waals surface area contributed by atoms with Crippen molar-refractivity contribution in [3.8, 4) is 55.6 Å². The highest BCUT2D eigenvalue weighted by Crippen LogP contribution is 2.52. The van der Waals surface area contributed by atoms with Gasteiger partial charge in [0.25, 0.3) is 11.8 Å². The van der Waals surface area contributed by atoms with Gasteiger partial charge in [0.05, 0.1) is 5.69 Å². The normalized spacial score (nSPS) is 13.7. The van der Waals surface area contributed by atoms with E-state index in [2.05, 4.69) is 201 Å². The lowest BCUT2D eigenvalue weighted by Gasteiger charge is -2.28. The van der Waals surface area contributed by atoms with E-state index in [0.717, 1.165) is 39.3 Å². The van der Waals surface area contributed by atoms with E-state index < -0.39 is 0 Å². The maximum absolute atomic E-state index is 12.2. The Labute approximate surface area is 367 Å². The van der Waals surface area contributed by atoms with Gasteiger partial charge in [0, 0.05) is 34.6 Å². The number of rotatable bonds is 8. The molecule has 63 heavy (non-hydrogen) atoms. The first-order valence-corrected chi connectivity index (χ1v) is 21.4. The fraction of sp³-hybridized carbons (Fsp3) is 0.0508. The summed E-state index contributed by atoms with van der Waals surface area (Å²) in [5.41, 5.74) is 18.0. The summed E-state index contributed by atoms with van der Waals surface area (Å²) in [6.45, 7) is 4.71. The van der Waals surface area contributed by atoms with Crippen LogP contribution in [-0.4, -0.2) is 11.8 Å². The van der Waals surface area contributed by atoms with Gasteiger partial charge < -0.3 is 4.90 Å². The average molecular weight is 811 g/mol. The highest BCUT2D eigenvalue weighted by Gasteiger charge is 2.36. The van der Waals surface area contributed by atoms with E-state index in [4.69, 9.17) is 0 Å². The molecule has 300 valence electrons. The van der Waals surface area contributed by atoms with Crippen molar-refractivity contribution in [3.05, 3.63) is 230 Å². The van der Waals surface area contributed by atoms with E-state index in [-0.39, 0.29) is 17.2 Å². The van der Waals surface area contributed by atoms with Crippen LogP contribution < -0.4 is 9.80 Å². The minimum absolute atomic E-state index is 0.210. The van der Waals surface area contributed by atoms with Gasteiger partial charge in [-0.05, 0) is 138 Å². The van der Waals surface area contributed by atoms with Crippen LogP contribution in [0, 0.1) is 0 Å². The molecule has 9 aromatic carbocycles. The molecule has 1 heterocycles. The summed E-state index contributed by atoms with van der Waals surface area (Å²) in [6, 6.07) is 73.5. The lowest BCUT2D eigenvalue weighted by atomic mass is 9.81. The second kappa shape index (κ2) is 15.1. The van der Waals surface area contributed by atoms with Crippen molar-refractivity contribution < 1.29 is 9.59 Å². The fourth-order valence-corrected chi connectivity index (χ4v) is 9.41. The second-order valence-electron chi connectivity index (χ2n) is 16.9. The zero-order valence-corrected chi connectivity index (χ0v) is 35.0. The number of fused-ring (bicyclic) bond motifs is 4. The Balaban J connectivity index is 0.914. The predicted octanol–water partition coefficient (Wildman–Crippen LogP) is 14.7.